The lowest BCUT2D eigenvalue weighted by molar-refractivity contribution is -0.105. The van der Waals surface area contributed by atoms with Gasteiger partial charge in [-0.2, -0.15) is 5.10 Å². The first-order valence-electron chi connectivity index (χ1n) is 5.76. The molecule has 0 aliphatic carbocycles. The molecule has 0 saturated carbocycles. The highest BCUT2D eigenvalue weighted by atomic mass is 16.2. The van der Waals surface area contributed by atoms with Crippen molar-refractivity contribution in [3.8, 4) is 5.69 Å². The van der Waals surface area contributed by atoms with Crippen molar-refractivity contribution in [1.82, 2.24) is 15.1 Å². The Hall–Kier alpha value is -2.63. The second-order valence-corrected chi connectivity index (χ2v) is 3.91. The Morgan fingerprint density at radius 1 is 1.32 bits per heavy atom. The van der Waals surface area contributed by atoms with Crippen molar-refractivity contribution in [2.24, 2.45) is 0 Å². The molecule has 0 bridgehead atoms. The number of hydrogen-bond donors (Lipinski definition) is 2. The van der Waals surface area contributed by atoms with Gasteiger partial charge in [0.25, 0.3) is 5.91 Å². The number of nitrogens with zero attached hydrogens (tertiary/aromatic N) is 2. The minimum Gasteiger partial charge on any atom is -0.354 e. The lowest BCUT2D eigenvalue weighted by atomic mass is 10.2. The average Bonchev–Trinajstić information content (AvgIpc) is 2.77. The predicted molar refractivity (Wildman–Crippen MR) is 71.4 cm³/mol. The molecule has 0 radical (unpaired) electrons. The van der Waals surface area contributed by atoms with Crippen LogP contribution in [0.25, 0.3) is 5.69 Å². The van der Waals surface area contributed by atoms with Crippen LogP contribution in [-0.2, 0) is 4.79 Å². The number of hydrogen-bond acceptors (Lipinski definition) is 3. The van der Waals surface area contributed by atoms with Crippen LogP contribution in [0.4, 0.5) is 5.82 Å². The zero-order chi connectivity index (χ0) is 13.8. The Kier molecular flexibility index (Phi) is 3.61. The van der Waals surface area contributed by atoms with Gasteiger partial charge in [-0.05, 0) is 19.1 Å². The molecule has 6 nitrogen and oxygen atoms in total. The van der Waals surface area contributed by atoms with E-state index in [4.69, 9.17) is 0 Å². The lowest BCUT2D eigenvalue weighted by Gasteiger charge is -2.06. The van der Waals surface area contributed by atoms with Crippen LogP contribution >= 0.6 is 0 Å². The fourth-order valence-electron chi connectivity index (χ4n) is 1.81. The molecule has 0 aliphatic rings. The van der Waals surface area contributed by atoms with E-state index in [-0.39, 0.29) is 11.6 Å². The van der Waals surface area contributed by atoms with Crippen LogP contribution in [0.5, 0.6) is 0 Å². The summed E-state index contributed by atoms with van der Waals surface area (Å²) in [6, 6.07) is 9.28. The van der Waals surface area contributed by atoms with E-state index < -0.39 is 0 Å². The normalized spacial score (nSPS) is 10.0. The van der Waals surface area contributed by atoms with E-state index in [2.05, 4.69) is 15.7 Å². The largest absolute Gasteiger partial charge is 0.354 e. The monoisotopic (exact) mass is 258 g/mol. The van der Waals surface area contributed by atoms with Gasteiger partial charge >= 0.3 is 0 Å². The standard InChI is InChI=1S/C13H14N4O2/c1-9-11(13(19)14-2)16-17(12(9)15-8-18)10-6-4-3-5-7-10/h3-8H,1-2H3,(H,14,19)(H,15,18). The van der Waals surface area contributed by atoms with Gasteiger partial charge in [0.2, 0.25) is 6.41 Å². The number of aromatic nitrogens is 2. The molecule has 2 amide bonds. The second kappa shape index (κ2) is 5.34. The van der Waals surface area contributed by atoms with Crippen molar-refractivity contribution < 1.29 is 9.59 Å². The molecular formula is C13H14N4O2. The first-order chi connectivity index (χ1) is 9.19. The number of carbonyl (C=O) groups excluding carboxylic acids is 2. The Balaban J connectivity index is 2.59. The molecule has 0 fully saturated rings. The van der Waals surface area contributed by atoms with Crippen LogP contribution in [-0.4, -0.2) is 29.1 Å². The molecule has 0 saturated heterocycles. The molecule has 2 N–H and O–H groups in total. The zero-order valence-corrected chi connectivity index (χ0v) is 10.7. The van der Waals surface area contributed by atoms with Gasteiger partial charge in [0.15, 0.2) is 5.69 Å². The number of amides is 2. The van der Waals surface area contributed by atoms with Crippen LogP contribution in [0.2, 0.25) is 0 Å². The van der Waals surface area contributed by atoms with E-state index in [0.29, 0.717) is 17.8 Å². The molecule has 6 heteroatoms. The number of anilines is 1. The van der Waals surface area contributed by atoms with E-state index in [1.165, 1.54) is 11.7 Å². The molecule has 0 aliphatic heterocycles. The quantitative estimate of drug-likeness (QED) is 0.806. The van der Waals surface area contributed by atoms with Crippen LogP contribution in [0.3, 0.4) is 0 Å². The Bertz CT molecular complexity index is 605. The van der Waals surface area contributed by atoms with Gasteiger partial charge in [0.05, 0.1) is 5.69 Å². The molecule has 98 valence electrons. The summed E-state index contributed by atoms with van der Waals surface area (Å²) >= 11 is 0. The molecular weight excluding hydrogens is 244 g/mol. The Labute approximate surface area is 110 Å². The van der Waals surface area contributed by atoms with Crippen LogP contribution in [0, 0.1) is 6.92 Å². The van der Waals surface area contributed by atoms with Crippen LogP contribution < -0.4 is 10.6 Å². The maximum Gasteiger partial charge on any atom is 0.271 e. The highest BCUT2D eigenvalue weighted by Crippen LogP contribution is 2.22. The van der Waals surface area contributed by atoms with Crippen LogP contribution in [0.1, 0.15) is 16.1 Å². The van der Waals surface area contributed by atoms with Gasteiger partial charge in [-0.15, -0.1) is 0 Å². The first-order valence-corrected chi connectivity index (χ1v) is 5.76. The summed E-state index contributed by atoms with van der Waals surface area (Å²) in [5.74, 6) is 0.195. The van der Waals surface area contributed by atoms with E-state index in [1.807, 2.05) is 30.3 Å². The van der Waals surface area contributed by atoms with Gasteiger partial charge in [-0.1, -0.05) is 18.2 Å². The summed E-state index contributed by atoms with van der Waals surface area (Å²) < 4.78 is 1.54. The first kappa shape index (κ1) is 12.8. The highest BCUT2D eigenvalue weighted by molar-refractivity contribution is 5.95. The number of nitrogens with one attached hydrogen (secondary N) is 2. The van der Waals surface area contributed by atoms with Crippen molar-refractivity contribution in [3.05, 3.63) is 41.6 Å². The fourth-order valence-corrected chi connectivity index (χ4v) is 1.81. The predicted octanol–water partition coefficient (Wildman–Crippen LogP) is 1.11. The molecule has 1 heterocycles. The zero-order valence-electron chi connectivity index (χ0n) is 10.7. The molecule has 0 unspecified atom stereocenters. The van der Waals surface area contributed by atoms with E-state index in [9.17, 15) is 9.59 Å². The highest BCUT2D eigenvalue weighted by Gasteiger charge is 2.19. The molecule has 2 aromatic rings. The molecule has 2 rings (SSSR count). The van der Waals surface area contributed by atoms with E-state index >= 15 is 0 Å². The topological polar surface area (TPSA) is 76.0 Å². The van der Waals surface area contributed by atoms with E-state index in [0.717, 1.165) is 5.69 Å². The van der Waals surface area contributed by atoms with Crippen molar-refractivity contribution >= 4 is 18.1 Å². The molecule has 0 spiro atoms. The second-order valence-electron chi connectivity index (χ2n) is 3.91. The maximum atomic E-state index is 11.7. The summed E-state index contributed by atoms with van der Waals surface area (Å²) in [4.78, 5) is 22.4. The molecule has 1 aromatic heterocycles. The Morgan fingerprint density at radius 2 is 2.00 bits per heavy atom. The number of para-hydroxylation sites is 1. The van der Waals surface area contributed by atoms with Crippen molar-refractivity contribution in [1.29, 1.82) is 0 Å². The lowest BCUT2D eigenvalue weighted by Crippen LogP contribution is -2.19. The summed E-state index contributed by atoms with van der Waals surface area (Å²) in [5.41, 5.74) is 1.68. The summed E-state index contributed by atoms with van der Waals surface area (Å²) in [6.45, 7) is 1.74. The van der Waals surface area contributed by atoms with Gasteiger partial charge in [-0.3, -0.25) is 9.59 Å². The average molecular weight is 258 g/mol. The Morgan fingerprint density at radius 3 is 2.58 bits per heavy atom. The fraction of sp³-hybridized carbons (Fsp3) is 0.154. The number of rotatable bonds is 4. The van der Waals surface area contributed by atoms with Gasteiger partial charge in [-0.25, -0.2) is 4.68 Å². The summed E-state index contributed by atoms with van der Waals surface area (Å²) in [5, 5.41) is 9.36. The smallest absolute Gasteiger partial charge is 0.271 e. The van der Waals surface area contributed by atoms with Crippen molar-refractivity contribution in [2.45, 2.75) is 6.92 Å². The minimum atomic E-state index is -0.291. The van der Waals surface area contributed by atoms with Gasteiger partial charge < -0.3 is 10.6 Å². The van der Waals surface area contributed by atoms with E-state index in [1.54, 1.807) is 6.92 Å². The third-order valence-corrected chi connectivity index (χ3v) is 2.76. The number of carbonyl (C=O) groups is 2. The van der Waals surface area contributed by atoms with Crippen LogP contribution in [0.15, 0.2) is 30.3 Å². The van der Waals surface area contributed by atoms with Gasteiger partial charge in [0, 0.05) is 12.6 Å². The third kappa shape index (κ3) is 2.33. The molecule has 19 heavy (non-hydrogen) atoms. The van der Waals surface area contributed by atoms with Gasteiger partial charge in [0.1, 0.15) is 5.82 Å². The summed E-state index contributed by atoms with van der Waals surface area (Å²) in [6.07, 6.45) is 0.567. The summed E-state index contributed by atoms with van der Waals surface area (Å²) in [7, 11) is 1.54. The van der Waals surface area contributed by atoms with Crippen molar-refractivity contribution in [2.75, 3.05) is 12.4 Å². The third-order valence-electron chi connectivity index (χ3n) is 2.76. The molecule has 1 aromatic carbocycles. The maximum absolute atomic E-state index is 11.7. The SMILES string of the molecule is CNC(=O)c1nn(-c2ccccc2)c(NC=O)c1C. The molecule has 0 atom stereocenters. The van der Waals surface area contributed by atoms with Crippen molar-refractivity contribution in [3.63, 3.8) is 0 Å². The number of benzene rings is 1. The minimum absolute atomic E-state index is 0.288.